The Balaban J connectivity index is 1.69. The van der Waals surface area contributed by atoms with E-state index in [1.165, 1.54) is 58.0 Å². The molecule has 2 heteroatoms. The smallest absolute Gasteiger partial charge is 0.0192 e. The molecule has 82 valence electrons. The predicted octanol–water partition coefficient (Wildman–Crippen LogP) is 2.05. The van der Waals surface area contributed by atoms with Gasteiger partial charge in [-0.3, -0.25) is 0 Å². The molecule has 2 rings (SSSR count). The molecule has 1 aliphatic heterocycles. The van der Waals surface area contributed by atoms with E-state index in [0.717, 1.165) is 6.04 Å². The summed E-state index contributed by atoms with van der Waals surface area (Å²) >= 11 is 0. The third kappa shape index (κ3) is 2.29. The molecule has 1 atom stereocenters. The summed E-state index contributed by atoms with van der Waals surface area (Å²) in [6.45, 7) is 4.74. The lowest BCUT2D eigenvalue weighted by Crippen LogP contribution is -2.55. The number of rotatable bonds is 4. The molecule has 0 aromatic rings. The van der Waals surface area contributed by atoms with Crippen LogP contribution in [0.25, 0.3) is 0 Å². The molecule has 0 spiro atoms. The highest BCUT2D eigenvalue weighted by Gasteiger charge is 2.34. The molecule has 2 N–H and O–H groups in total. The molecular weight excluding hydrogens is 172 g/mol. The standard InChI is InChI=1S/C12H24N2/c1-2-12(7-5-8-12)14-10-11-6-3-4-9-13-11/h11,13-14H,2-10H2,1H3. The molecule has 0 aromatic carbocycles. The van der Waals surface area contributed by atoms with Crippen molar-refractivity contribution in [1.82, 2.24) is 10.6 Å². The van der Waals surface area contributed by atoms with Crippen LogP contribution >= 0.6 is 0 Å². The van der Waals surface area contributed by atoms with E-state index in [0.29, 0.717) is 5.54 Å². The van der Waals surface area contributed by atoms with Crippen LogP contribution in [-0.4, -0.2) is 24.7 Å². The van der Waals surface area contributed by atoms with E-state index in [1.54, 1.807) is 0 Å². The van der Waals surface area contributed by atoms with Crippen LogP contribution in [0.3, 0.4) is 0 Å². The van der Waals surface area contributed by atoms with Crippen LogP contribution in [0.1, 0.15) is 51.9 Å². The van der Waals surface area contributed by atoms with Crippen molar-refractivity contribution in [2.45, 2.75) is 63.5 Å². The largest absolute Gasteiger partial charge is 0.313 e. The molecule has 1 unspecified atom stereocenters. The van der Waals surface area contributed by atoms with Crippen molar-refractivity contribution in [2.24, 2.45) is 0 Å². The summed E-state index contributed by atoms with van der Waals surface area (Å²) in [7, 11) is 0. The highest BCUT2D eigenvalue weighted by Crippen LogP contribution is 2.34. The molecule has 1 heterocycles. The Morgan fingerprint density at radius 1 is 1.29 bits per heavy atom. The van der Waals surface area contributed by atoms with E-state index >= 15 is 0 Å². The minimum absolute atomic E-state index is 0.527. The number of nitrogens with one attached hydrogen (secondary N) is 2. The number of hydrogen-bond acceptors (Lipinski definition) is 2. The Labute approximate surface area is 87.8 Å². The van der Waals surface area contributed by atoms with Crippen molar-refractivity contribution in [1.29, 1.82) is 0 Å². The molecule has 1 saturated heterocycles. The van der Waals surface area contributed by atoms with Crippen molar-refractivity contribution in [3.8, 4) is 0 Å². The molecule has 2 fully saturated rings. The second-order valence-electron chi connectivity index (χ2n) is 5.02. The summed E-state index contributed by atoms with van der Waals surface area (Å²) in [5.41, 5.74) is 0.527. The molecule has 1 saturated carbocycles. The first-order valence-electron chi connectivity index (χ1n) is 6.33. The van der Waals surface area contributed by atoms with Crippen molar-refractivity contribution in [3.63, 3.8) is 0 Å². The van der Waals surface area contributed by atoms with Gasteiger partial charge in [0.15, 0.2) is 0 Å². The number of piperidine rings is 1. The highest BCUT2D eigenvalue weighted by molar-refractivity contribution is 4.95. The third-order valence-electron chi connectivity index (χ3n) is 4.12. The van der Waals surface area contributed by atoms with Gasteiger partial charge < -0.3 is 10.6 Å². The Hall–Kier alpha value is -0.0800. The molecule has 2 aliphatic rings. The quantitative estimate of drug-likeness (QED) is 0.719. The number of hydrogen-bond donors (Lipinski definition) is 2. The van der Waals surface area contributed by atoms with Gasteiger partial charge in [0, 0.05) is 18.1 Å². The molecule has 2 nitrogen and oxygen atoms in total. The third-order valence-corrected chi connectivity index (χ3v) is 4.12. The maximum Gasteiger partial charge on any atom is 0.0192 e. The maximum absolute atomic E-state index is 3.79. The summed E-state index contributed by atoms with van der Waals surface area (Å²) in [5, 5.41) is 7.39. The van der Waals surface area contributed by atoms with Gasteiger partial charge in [-0.05, 0) is 45.1 Å². The van der Waals surface area contributed by atoms with Gasteiger partial charge in [-0.2, -0.15) is 0 Å². The Kier molecular flexibility index (Phi) is 3.45. The van der Waals surface area contributed by atoms with Crippen LogP contribution < -0.4 is 10.6 Å². The maximum atomic E-state index is 3.79. The minimum Gasteiger partial charge on any atom is -0.313 e. The average Bonchev–Trinajstić information content (AvgIpc) is 2.19. The fourth-order valence-corrected chi connectivity index (χ4v) is 2.70. The van der Waals surface area contributed by atoms with Gasteiger partial charge in [0.25, 0.3) is 0 Å². The Morgan fingerprint density at radius 3 is 2.64 bits per heavy atom. The van der Waals surface area contributed by atoms with Crippen LogP contribution in [0.4, 0.5) is 0 Å². The fraction of sp³-hybridized carbons (Fsp3) is 1.00. The Morgan fingerprint density at radius 2 is 2.14 bits per heavy atom. The normalized spacial score (nSPS) is 31.1. The zero-order valence-corrected chi connectivity index (χ0v) is 9.44. The zero-order chi connectivity index (χ0) is 9.86. The van der Waals surface area contributed by atoms with Crippen molar-refractivity contribution >= 4 is 0 Å². The van der Waals surface area contributed by atoms with Gasteiger partial charge in [0.1, 0.15) is 0 Å². The van der Waals surface area contributed by atoms with E-state index in [1.807, 2.05) is 0 Å². The minimum atomic E-state index is 0.527. The first kappa shape index (κ1) is 10.4. The van der Waals surface area contributed by atoms with Gasteiger partial charge in [-0.25, -0.2) is 0 Å². The average molecular weight is 196 g/mol. The van der Waals surface area contributed by atoms with E-state index in [2.05, 4.69) is 17.6 Å². The summed E-state index contributed by atoms with van der Waals surface area (Å²) in [5.74, 6) is 0. The van der Waals surface area contributed by atoms with Crippen molar-refractivity contribution < 1.29 is 0 Å². The zero-order valence-electron chi connectivity index (χ0n) is 9.44. The summed E-state index contributed by atoms with van der Waals surface area (Å²) in [6, 6.07) is 0.743. The molecule has 0 amide bonds. The van der Waals surface area contributed by atoms with Gasteiger partial charge in [-0.1, -0.05) is 13.3 Å². The molecular formula is C12H24N2. The monoisotopic (exact) mass is 196 g/mol. The first-order chi connectivity index (χ1) is 6.85. The molecule has 1 aliphatic carbocycles. The van der Waals surface area contributed by atoms with E-state index < -0.39 is 0 Å². The second-order valence-corrected chi connectivity index (χ2v) is 5.02. The van der Waals surface area contributed by atoms with E-state index in [-0.39, 0.29) is 0 Å². The first-order valence-corrected chi connectivity index (χ1v) is 6.33. The van der Waals surface area contributed by atoms with Crippen LogP contribution in [0, 0.1) is 0 Å². The molecule has 14 heavy (non-hydrogen) atoms. The highest BCUT2D eigenvalue weighted by atomic mass is 15.0. The van der Waals surface area contributed by atoms with E-state index in [4.69, 9.17) is 0 Å². The summed E-state index contributed by atoms with van der Waals surface area (Å²) < 4.78 is 0. The lowest BCUT2D eigenvalue weighted by molar-refractivity contribution is 0.168. The van der Waals surface area contributed by atoms with E-state index in [9.17, 15) is 0 Å². The van der Waals surface area contributed by atoms with Gasteiger partial charge >= 0.3 is 0 Å². The van der Waals surface area contributed by atoms with Crippen LogP contribution in [0.5, 0.6) is 0 Å². The molecule has 0 aromatic heterocycles. The van der Waals surface area contributed by atoms with Crippen LogP contribution in [-0.2, 0) is 0 Å². The van der Waals surface area contributed by atoms with Crippen molar-refractivity contribution in [3.05, 3.63) is 0 Å². The van der Waals surface area contributed by atoms with Crippen molar-refractivity contribution in [2.75, 3.05) is 13.1 Å². The van der Waals surface area contributed by atoms with Gasteiger partial charge in [0.05, 0.1) is 0 Å². The summed E-state index contributed by atoms with van der Waals surface area (Å²) in [6.07, 6.45) is 9.69. The van der Waals surface area contributed by atoms with Crippen LogP contribution in [0.2, 0.25) is 0 Å². The molecule has 0 bridgehead atoms. The predicted molar refractivity (Wildman–Crippen MR) is 60.5 cm³/mol. The van der Waals surface area contributed by atoms with Crippen LogP contribution in [0.15, 0.2) is 0 Å². The second kappa shape index (κ2) is 4.63. The lowest BCUT2D eigenvalue weighted by atomic mass is 9.74. The van der Waals surface area contributed by atoms with Gasteiger partial charge in [-0.15, -0.1) is 0 Å². The fourth-order valence-electron chi connectivity index (χ4n) is 2.70. The molecule has 0 radical (unpaired) electrons. The topological polar surface area (TPSA) is 24.1 Å². The lowest BCUT2D eigenvalue weighted by Gasteiger charge is -2.43. The Bertz CT molecular complexity index is 164. The SMILES string of the molecule is CCC1(NCC2CCCCN2)CCC1. The van der Waals surface area contributed by atoms with Gasteiger partial charge in [0.2, 0.25) is 0 Å². The summed E-state index contributed by atoms with van der Waals surface area (Å²) in [4.78, 5) is 0.